The highest BCUT2D eigenvalue weighted by molar-refractivity contribution is 7.15. The number of anilines is 1. The van der Waals surface area contributed by atoms with Crippen LogP contribution in [-0.2, 0) is 11.2 Å². The SMILES string of the molecule is CCCc1nnc(NC(=O)CN(CCC)CCC)s1. The van der Waals surface area contributed by atoms with E-state index in [-0.39, 0.29) is 5.91 Å². The molecule has 0 aliphatic rings. The summed E-state index contributed by atoms with van der Waals surface area (Å²) in [6.45, 7) is 8.71. The lowest BCUT2D eigenvalue weighted by atomic mass is 10.3. The van der Waals surface area contributed by atoms with Gasteiger partial charge in [-0.05, 0) is 32.4 Å². The number of aryl methyl sites for hydroxylation is 1. The fourth-order valence-electron chi connectivity index (χ4n) is 1.88. The van der Waals surface area contributed by atoms with Crippen molar-refractivity contribution in [2.75, 3.05) is 25.0 Å². The molecule has 0 unspecified atom stereocenters. The van der Waals surface area contributed by atoms with E-state index in [1.54, 1.807) is 0 Å². The largest absolute Gasteiger partial charge is 0.299 e. The fourth-order valence-corrected chi connectivity index (χ4v) is 2.74. The number of nitrogens with zero attached hydrogens (tertiary/aromatic N) is 3. The molecule has 0 aromatic carbocycles. The van der Waals surface area contributed by atoms with Gasteiger partial charge in [0.05, 0.1) is 6.54 Å². The molecule has 0 spiro atoms. The van der Waals surface area contributed by atoms with Gasteiger partial charge in [-0.2, -0.15) is 0 Å². The van der Waals surface area contributed by atoms with Crippen LogP contribution in [0.4, 0.5) is 5.13 Å². The maximum Gasteiger partial charge on any atom is 0.240 e. The zero-order valence-corrected chi connectivity index (χ0v) is 12.9. The molecule has 19 heavy (non-hydrogen) atoms. The van der Waals surface area contributed by atoms with Crippen LogP contribution in [0, 0.1) is 0 Å². The van der Waals surface area contributed by atoms with Gasteiger partial charge in [-0.25, -0.2) is 0 Å². The van der Waals surface area contributed by atoms with Gasteiger partial charge in [-0.15, -0.1) is 10.2 Å². The molecule has 0 saturated heterocycles. The van der Waals surface area contributed by atoms with Crippen molar-refractivity contribution in [1.29, 1.82) is 0 Å². The molecule has 0 atom stereocenters. The molecule has 1 N–H and O–H groups in total. The predicted molar refractivity (Wildman–Crippen MR) is 79.6 cm³/mol. The third kappa shape index (κ3) is 6.11. The van der Waals surface area contributed by atoms with Crippen LogP contribution >= 0.6 is 11.3 Å². The normalized spacial score (nSPS) is 10.9. The van der Waals surface area contributed by atoms with Crippen LogP contribution in [0.1, 0.15) is 45.0 Å². The molecule has 1 heterocycles. The second kappa shape index (κ2) is 8.98. The second-order valence-electron chi connectivity index (χ2n) is 4.58. The fraction of sp³-hybridized carbons (Fsp3) is 0.769. The quantitative estimate of drug-likeness (QED) is 0.757. The Labute approximate surface area is 119 Å². The maximum absolute atomic E-state index is 11.9. The molecule has 0 bridgehead atoms. The molecular weight excluding hydrogens is 260 g/mol. The van der Waals surface area contributed by atoms with Gasteiger partial charge in [0, 0.05) is 6.42 Å². The van der Waals surface area contributed by atoms with Crippen molar-refractivity contribution in [3.05, 3.63) is 5.01 Å². The first-order valence-corrected chi connectivity index (χ1v) is 7.85. The van der Waals surface area contributed by atoms with Crippen molar-refractivity contribution in [2.24, 2.45) is 0 Å². The Morgan fingerprint density at radius 2 is 1.84 bits per heavy atom. The average molecular weight is 284 g/mol. The lowest BCUT2D eigenvalue weighted by Gasteiger charge is -2.19. The lowest BCUT2D eigenvalue weighted by Crippen LogP contribution is -2.34. The summed E-state index contributed by atoms with van der Waals surface area (Å²) >= 11 is 1.47. The van der Waals surface area contributed by atoms with Crippen LogP contribution in [0.5, 0.6) is 0 Å². The molecule has 0 aliphatic heterocycles. The molecule has 0 aliphatic carbocycles. The summed E-state index contributed by atoms with van der Waals surface area (Å²) in [5.41, 5.74) is 0. The summed E-state index contributed by atoms with van der Waals surface area (Å²) in [6.07, 6.45) is 4.09. The lowest BCUT2D eigenvalue weighted by molar-refractivity contribution is -0.117. The Bertz CT molecular complexity index is 374. The minimum atomic E-state index is 0.00102. The van der Waals surface area contributed by atoms with Crippen molar-refractivity contribution in [1.82, 2.24) is 15.1 Å². The Hall–Kier alpha value is -1.01. The molecule has 0 radical (unpaired) electrons. The van der Waals surface area contributed by atoms with Gasteiger partial charge in [0.15, 0.2) is 0 Å². The highest BCUT2D eigenvalue weighted by atomic mass is 32.1. The summed E-state index contributed by atoms with van der Waals surface area (Å²) in [6, 6.07) is 0. The number of carbonyl (C=O) groups excluding carboxylic acids is 1. The molecule has 108 valence electrons. The van der Waals surface area contributed by atoms with Crippen molar-refractivity contribution >= 4 is 22.4 Å². The molecule has 1 amide bonds. The number of nitrogens with one attached hydrogen (secondary N) is 1. The van der Waals surface area contributed by atoms with Crippen LogP contribution in [0.3, 0.4) is 0 Å². The van der Waals surface area contributed by atoms with Gasteiger partial charge in [0.1, 0.15) is 5.01 Å². The van der Waals surface area contributed by atoms with Crippen molar-refractivity contribution in [3.63, 3.8) is 0 Å². The molecule has 0 fully saturated rings. The van der Waals surface area contributed by atoms with E-state index in [0.29, 0.717) is 11.7 Å². The zero-order chi connectivity index (χ0) is 14.1. The van der Waals surface area contributed by atoms with Crippen molar-refractivity contribution in [3.8, 4) is 0 Å². The summed E-state index contributed by atoms with van der Waals surface area (Å²) in [5, 5.41) is 12.5. The number of rotatable bonds is 9. The highest BCUT2D eigenvalue weighted by Crippen LogP contribution is 2.16. The van der Waals surface area contributed by atoms with E-state index < -0.39 is 0 Å². The molecule has 1 aromatic rings. The van der Waals surface area contributed by atoms with Crippen LogP contribution in [0.15, 0.2) is 0 Å². The van der Waals surface area contributed by atoms with Gasteiger partial charge in [-0.3, -0.25) is 15.0 Å². The Morgan fingerprint density at radius 3 is 2.42 bits per heavy atom. The Balaban J connectivity index is 2.43. The topological polar surface area (TPSA) is 58.1 Å². The number of carbonyl (C=O) groups is 1. The van der Waals surface area contributed by atoms with E-state index in [1.807, 2.05) is 0 Å². The molecule has 6 heteroatoms. The molecular formula is C13H24N4OS. The van der Waals surface area contributed by atoms with Crippen LogP contribution in [0.2, 0.25) is 0 Å². The first kappa shape index (κ1) is 16.0. The van der Waals surface area contributed by atoms with E-state index >= 15 is 0 Å². The third-order valence-electron chi connectivity index (χ3n) is 2.62. The third-order valence-corrected chi connectivity index (χ3v) is 3.52. The number of amides is 1. The maximum atomic E-state index is 11.9. The van der Waals surface area contributed by atoms with E-state index in [4.69, 9.17) is 0 Å². The minimum Gasteiger partial charge on any atom is -0.299 e. The summed E-state index contributed by atoms with van der Waals surface area (Å²) in [4.78, 5) is 14.1. The monoisotopic (exact) mass is 284 g/mol. The van der Waals surface area contributed by atoms with Crippen LogP contribution < -0.4 is 5.32 Å². The second-order valence-corrected chi connectivity index (χ2v) is 5.64. The van der Waals surface area contributed by atoms with E-state index in [9.17, 15) is 4.79 Å². The summed E-state index contributed by atoms with van der Waals surface area (Å²) < 4.78 is 0. The summed E-state index contributed by atoms with van der Waals surface area (Å²) in [5.74, 6) is 0.00102. The van der Waals surface area contributed by atoms with E-state index in [0.717, 1.165) is 43.8 Å². The smallest absolute Gasteiger partial charge is 0.240 e. The number of hydrogen-bond acceptors (Lipinski definition) is 5. The number of aromatic nitrogens is 2. The van der Waals surface area contributed by atoms with Gasteiger partial charge in [-0.1, -0.05) is 32.1 Å². The van der Waals surface area contributed by atoms with Crippen molar-refractivity contribution in [2.45, 2.75) is 46.5 Å². The van der Waals surface area contributed by atoms with Gasteiger partial charge >= 0.3 is 0 Å². The summed E-state index contributed by atoms with van der Waals surface area (Å²) in [7, 11) is 0. The van der Waals surface area contributed by atoms with Crippen LogP contribution in [0.25, 0.3) is 0 Å². The average Bonchev–Trinajstić information content (AvgIpc) is 2.77. The number of hydrogen-bond donors (Lipinski definition) is 1. The molecule has 1 aromatic heterocycles. The predicted octanol–water partition coefficient (Wildman–Crippen LogP) is 2.55. The van der Waals surface area contributed by atoms with Gasteiger partial charge in [0.25, 0.3) is 0 Å². The Kier molecular flexibility index (Phi) is 7.59. The highest BCUT2D eigenvalue weighted by Gasteiger charge is 2.11. The van der Waals surface area contributed by atoms with Crippen LogP contribution in [-0.4, -0.2) is 40.6 Å². The van der Waals surface area contributed by atoms with Gasteiger partial charge in [0.2, 0.25) is 11.0 Å². The zero-order valence-electron chi connectivity index (χ0n) is 12.1. The van der Waals surface area contributed by atoms with E-state index in [2.05, 4.69) is 41.2 Å². The molecule has 5 nitrogen and oxygen atoms in total. The van der Waals surface area contributed by atoms with E-state index in [1.165, 1.54) is 11.3 Å². The van der Waals surface area contributed by atoms with Crippen molar-refractivity contribution < 1.29 is 4.79 Å². The minimum absolute atomic E-state index is 0.00102. The standard InChI is InChI=1S/C13H24N4OS/c1-4-7-12-15-16-13(19-12)14-11(18)10-17(8-5-2)9-6-3/h4-10H2,1-3H3,(H,14,16,18). The first-order valence-electron chi connectivity index (χ1n) is 7.04. The van der Waals surface area contributed by atoms with Gasteiger partial charge < -0.3 is 0 Å². The Morgan fingerprint density at radius 1 is 1.16 bits per heavy atom. The first-order chi connectivity index (χ1) is 9.19. The molecule has 0 saturated carbocycles. The molecule has 1 rings (SSSR count).